The van der Waals surface area contributed by atoms with Crippen molar-refractivity contribution in [2.75, 3.05) is 38.2 Å². The highest BCUT2D eigenvalue weighted by Crippen LogP contribution is 2.36. The van der Waals surface area contributed by atoms with Crippen LogP contribution in [0.2, 0.25) is 5.02 Å². The highest BCUT2D eigenvalue weighted by molar-refractivity contribution is 6.36. The standard InChI is InChI=1S/C22H19ClF2N4O/c1-30-19-5-2-14(10-18(19)25)13-28-6-8-29(9-7-28)22-15(11-26)12-27-21-17(24)4-3-16(23)20(21)22/h2-5,10,12H,6-9,13H2,1H3. The first-order valence-corrected chi connectivity index (χ1v) is 9.86. The van der Waals surface area contributed by atoms with Gasteiger partial charge in [0.15, 0.2) is 11.6 Å². The molecule has 1 fully saturated rings. The Labute approximate surface area is 178 Å². The molecule has 0 atom stereocenters. The second-order valence-corrected chi connectivity index (χ2v) is 7.52. The third-order valence-corrected chi connectivity index (χ3v) is 5.64. The first-order valence-electron chi connectivity index (χ1n) is 9.48. The van der Waals surface area contributed by atoms with E-state index in [1.807, 2.05) is 11.0 Å². The SMILES string of the molecule is COc1ccc(CN2CCN(c3c(C#N)cnc4c(F)ccc(Cl)c34)CC2)cc1F. The molecule has 1 aromatic heterocycles. The summed E-state index contributed by atoms with van der Waals surface area (Å²) in [7, 11) is 1.44. The zero-order valence-electron chi connectivity index (χ0n) is 16.3. The summed E-state index contributed by atoms with van der Waals surface area (Å²) in [6.07, 6.45) is 1.39. The fourth-order valence-electron chi connectivity index (χ4n) is 3.82. The molecule has 8 heteroatoms. The Balaban J connectivity index is 1.56. The van der Waals surface area contributed by atoms with Crippen LogP contribution in [0.25, 0.3) is 10.9 Å². The van der Waals surface area contributed by atoms with Crippen molar-refractivity contribution in [2.24, 2.45) is 0 Å². The molecular formula is C22H19ClF2N4O. The first-order chi connectivity index (χ1) is 14.5. The Morgan fingerprint density at radius 3 is 2.57 bits per heavy atom. The van der Waals surface area contributed by atoms with Gasteiger partial charge < -0.3 is 9.64 Å². The molecule has 1 aliphatic heterocycles. The second-order valence-electron chi connectivity index (χ2n) is 7.12. The van der Waals surface area contributed by atoms with Gasteiger partial charge >= 0.3 is 0 Å². The van der Waals surface area contributed by atoms with Crippen LogP contribution in [0.1, 0.15) is 11.1 Å². The molecule has 1 saturated heterocycles. The third-order valence-electron chi connectivity index (χ3n) is 5.32. The van der Waals surface area contributed by atoms with Gasteiger partial charge in [0.05, 0.1) is 23.4 Å². The Morgan fingerprint density at radius 2 is 1.90 bits per heavy atom. The number of fused-ring (bicyclic) bond motifs is 1. The van der Waals surface area contributed by atoms with Crippen LogP contribution in [-0.4, -0.2) is 43.2 Å². The van der Waals surface area contributed by atoms with Crippen LogP contribution in [0.4, 0.5) is 14.5 Å². The number of nitriles is 1. The number of hydrogen-bond acceptors (Lipinski definition) is 5. The number of benzene rings is 2. The van der Waals surface area contributed by atoms with Crippen LogP contribution in [0.5, 0.6) is 5.75 Å². The van der Waals surface area contributed by atoms with E-state index in [1.54, 1.807) is 6.07 Å². The third kappa shape index (κ3) is 3.76. The van der Waals surface area contributed by atoms with Crippen LogP contribution in [0.15, 0.2) is 36.5 Å². The maximum absolute atomic E-state index is 14.3. The first kappa shape index (κ1) is 20.3. The van der Waals surface area contributed by atoms with E-state index in [0.29, 0.717) is 54.4 Å². The summed E-state index contributed by atoms with van der Waals surface area (Å²) < 4.78 is 33.2. The summed E-state index contributed by atoms with van der Waals surface area (Å²) in [5.74, 6) is -0.631. The minimum absolute atomic E-state index is 0.160. The monoisotopic (exact) mass is 428 g/mol. The molecule has 2 heterocycles. The molecule has 0 bridgehead atoms. The molecular weight excluding hydrogens is 410 g/mol. The average Bonchev–Trinajstić information content (AvgIpc) is 2.76. The van der Waals surface area contributed by atoms with E-state index < -0.39 is 5.82 Å². The molecule has 0 aliphatic carbocycles. The molecule has 1 aliphatic rings. The lowest BCUT2D eigenvalue weighted by atomic mass is 10.1. The summed E-state index contributed by atoms with van der Waals surface area (Å²) in [5, 5.41) is 10.4. The second kappa shape index (κ2) is 8.42. The smallest absolute Gasteiger partial charge is 0.165 e. The highest BCUT2D eigenvalue weighted by atomic mass is 35.5. The minimum Gasteiger partial charge on any atom is -0.494 e. The predicted octanol–water partition coefficient (Wildman–Crippen LogP) is 4.37. The number of pyridine rings is 1. The molecule has 0 radical (unpaired) electrons. The lowest BCUT2D eigenvalue weighted by Crippen LogP contribution is -2.46. The van der Waals surface area contributed by atoms with Crippen LogP contribution in [-0.2, 0) is 6.54 Å². The molecule has 5 nitrogen and oxygen atoms in total. The van der Waals surface area contributed by atoms with Crippen LogP contribution >= 0.6 is 11.6 Å². The van der Waals surface area contributed by atoms with Gasteiger partial charge in [-0.25, -0.2) is 8.78 Å². The number of ether oxygens (including phenoxy) is 1. The van der Waals surface area contributed by atoms with Gasteiger partial charge in [-0.1, -0.05) is 17.7 Å². The fourth-order valence-corrected chi connectivity index (χ4v) is 4.07. The predicted molar refractivity (Wildman–Crippen MR) is 112 cm³/mol. The maximum atomic E-state index is 14.3. The van der Waals surface area contributed by atoms with Gasteiger partial charge in [-0.05, 0) is 29.8 Å². The summed E-state index contributed by atoms with van der Waals surface area (Å²) in [6.45, 7) is 3.26. The number of nitrogens with zero attached hydrogens (tertiary/aromatic N) is 4. The van der Waals surface area contributed by atoms with E-state index in [9.17, 15) is 14.0 Å². The molecule has 30 heavy (non-hydrogen) atoms. The average molecular weight is 429 g/mol. The van der Waals surface area contributed by atoms with E-state index in [1.165, 1.54) is 31.5 Å². The Morgan fingerprint density at radius 1 is 1.13 bits per heavy atom. The van der Waals surface area contributed by atoms with Crippen molar-refractivity contribution in [3.05, 3.63) is 64.3 Å². The molecule has 0 spiro atoms. The van der Waals surface area contributed by atoms with Gasteiger partial charge in [0.25, 0.3) is 0 Å². The normalized spacial score (nSPS) is 14.7. The summed E-state index contributed by atoms with van der Waals surface area (Å²) in [5.41, 5.74) is 1.99. The van der Waals surface area contributed by atoms with Gasteiger partial charge in [-0.2, -0.15) is 5.26 Å². The molecule has 0 amide bonds. The molecule has 2 aromatic carbocycles. The van der Waals surface area contributed by atoms with Crippen molar-refractivity contribution in [2.45, 2.75) is 6.54 Å². The van der Waals surface area contributed by atoms with Crippen molar-refractivity contribution in [1.82, 2.24) is 9.88 Å². The van der Waals surface area contributed by atoms with E-state index in [2.05, 4.69) is 16.0 Å². The van der Waals surface area contributed by atoms with Gasteiger partial charge in [-0.3, -0.25) is 9.88 Å². The number of hydrogen-bond donors (Lipinski definition) is 0. The molecule has 0 N–H and O–H groups in total. The Kier molecular flexibility index (Phi) is 5.71. The zero-order valence-corrected chi connectivity index (χ0v) is 17.1. The number of rotatable bonds is 4. The van der Waals surface area contributed by atoms with Gasteiger partial charge in [0, 0.05) is 44.3 Å². The minimum atomic E-state index is -0.472. The lowest BCUT2D eigenvalue weighted by Gasteiger charge is -2.37. The Bertz CT molecular complexity index is 1140. The van der Waals surface area contributed by atoms with Crippen molar-refractivity contribution < 1.29 is 13.5 Å². The number of piperazine rings is 1. The zero-order chi connectivity index (χ0) is 21.3. The number of aromatic nitrogens is 1. The quantitative estimate of drug-likeness (QED) is 0.617. The van der Waals surface area contributed by atoms with Gasteiger partial charge in [-0.15, -0.1) is 0 Å². The summed E-state index contributed by atoms with van der Waals surface area (Å²) in [6, 6.07) is 9.87. The molecule has 3 aromatic rings. The van der Waals surface area contributed by atoms with Crippen molar-refractivity contribution in [1.29, 1.82) is 5.26 Å². The lowest BCUT2D eigenvalue weighted by molar-refractivity contribution is 0.249. The number of anilines is 1. The van der Waals surface area contributed by atoms with E-state index in [-0.39, 0.29) is 17.1 Å². The molecule has 0 unspecified atom stereocenters. The van der Waals surface area contributed by atoms with E-state index in [4.69, 9.17) is 16.3 Å². The number of halogens is 3. The summed E-state index contributed by atoms with van der Waals surface area (Å²) >= 11 is 6.36. The van der Waals surface area contributed by atoms with Crippen LogP contribution < -0.4 is 9.64 Å². The van der Waals surface area contributed by atoms with Gasteiger partial charge in [0.2, 0.25) is 0 Å². The highest BCUT2D eigenvalue weighted by Gasteiger charge is 2.24. The van der Waals surface area contributed by atoms with Crippen molar-refractivity contribution in [3.63, 3.8) is 0 Å². The largest absolute Gasteiger partial charge is 0.494 e. The number of methoxy groups -OCH3 is 1. The Hall–Kier alpha value is -2.95. The van der Waals surface area contributed by atoms with Crippen LogP contribution in [0.3, 0.4) is 0 Å². The fraction of sp³-hybridized carbons (Fsp3) is 0.273. The topological polar surface area (TPSA) is 52.4 Å². The molecule has 0 saturated carbocycles. The maximum Gasteiger partial charge on any atom is 0.165 e. The van der Waals surface area contributed by atoms with Crippen molar-refractivity contribution in [3.8, 4) is 11.8 Å². The van der Waals surface area contributed by atoms with E-state index in [0.717, 1.165) is 5.56 Å². The van der Waals surface area contributed by atoms with Crippen molar-refractivity contribution >= 4 is 28.2 Å². The van der Waals surface area contributed by atoms with Gasteiger partial charge in [0.1, 0.15) is 17.4 Å². The van der Waals surface area contributed by atoms with Crippen LogP contribution in [0, 0.1) is 23.0 Å². The molecule has 4 rings (SSSR count). The summed E-state index contributed by atoms with van der Waals surface area (Å²) in [4.78, 5) is 8.34. The molecule has 154 valence electrons. The van der Waals surface area contributed by atoms with E-state index >= 15 is 0 Å².